The Morgan fingerprint density at radius 2 is 2.09 bits per heavy atom. The third kappa shape index (κ3) is 2.62. The minimum atomic E-state index is -0.522. The number of benzene rings is 1. The Morgan fingerprint density at radius 3 is 2.74 bits per heavy atom. The van der Waals surface area contributed by atoms with Crippen molar-refractivity contribution < 1.29 is 14.3 Å². The van der Waals surface area contributed by atoms with Gasteiger partial charge in [-0.1, -0.05) is 37.3 Å². The highest BCUT2D eigenvalue weighted by molar-refractivity contribution is 6.03. The molecular weight excluding hydrogens is 296 g/mol. The minimum Gasteiger partial charge on any atom is -0.467 e. The van der Waals surface area contributed by atoms with Crippen LogP contribution in [0.3, 0.4) is 0 Å². The van der Waals surface area contributed by atoms with Gasteiger partial charge in [0.1, 0.15) is 0 Å². The maximum atomic E-state index is 12.6. The summed E-state index contributed by atoms with van der Waals surface area (Å²) in [5.41, 5.74) is 0.863. The van der Waals surface area contributed by atoms with Crippen LogP contribution >= 0.6 is 0 Å². The monoisotopic (exact) mass is 316 g/mol. The lowest BCUT2D eigenvalue weighted by Gasteiger charge is -2.39. The van der Waals surface area contributed by atoms with Gasteiger partial charge in [-0.15, -0.1) is 5.10 Å². The second-order valence-electron chi connectivity index (χ2n) is 5.49. The van der Waals surface area contributed by atoms with Crippen LogP contribution in [-0.4, -0.2) is 59.1 Å². The van der Waals surface area contributed by atoms with Crippen LogP contribution in [0, 0.1) is 0 Å². The lowest BCUT2D eigenvalue weighted by Crippen LogP contribution is -2.58. The minimum absolute atomic E-state index is 0.196. The Balaban J connectivity index is 2.05. The fourth-order valence-electron chi connectivity index (χ4n) is 2.92. The van der Waals surface area contributed by atoms with Crippen LogP contribution < -0.4 is 0 Å². The predicted octanol–water partition coefficient (Wildman–Crippen LogP) is 1.66. The Morgan fingerprint density at radius 1 is 1.35 bits per heavy atom. The molecule has 7 nitrogen and oxygen atoms in total. The van der Waals surface area contributed by atoms with Crippen molar-refractivity contribution in [3.05, 3.63) is 35.9 Å². The van der Waals surface area contributed by atoms with E-state index in [1.54, 1.807) is 10.0 Å². The van der Waals surface area contributed by atoms with Gasteiger partial charge >= 0.3 is 12.0 Å². The smallest absolute Gasteiger partial charge is 0.359 e. The SMILES string of the molecule is CCCN1N=C(c2ccccc2)N2C(C(=O)OC)CCN2C1=O. The summed E-state index contributed by atoms with van der Waals surface area (Å²) in [6.07, 6.45) is 1.34. The van der Waals surface area contributed by atoms with Gasteiger partial charge < -0.3 is 4.74 Å². The first-order chi connectivity index (χ1) is 11.2. The van der Waals surface area contributed by atoms with E-state index in [0.29, 0.717) is 25.3 Å². The van der Waals surface area contributed by atoms with Gasteiger partial charge in [0.05, 0.1) is 7.11 Å². The van der Waals surface area contributed by atoms with Gasteiger partial charge in [0, 0.05) is 25.1 Å². The van der Waals surface area contributed by atoms with Crippen LogP contribution in [0.2, 0.25) is 0 Å². The molecule has 1 fully saturated rings. The standard InChI is InChI=1S/C16H20N4O3/c1-3-10-18-16(22)19-11-9-13(15(21)23-2)20(19)14(17-18)12-7-5-4-6-8-12/h4-8,13H,3,9-11H2,1-2H3. The fourth-order valence-corrected chi connectivity index (χ4v) is 2.92. The van der Waals surface area contributed by atoms with Crippen molar-refractivity contribution in [2.24, 2.45) is 5.10 Å². The molecule has 1 aromatic carbocycles. The van der Waals surface area contributed by atoms with Gasteiger partial charge in [0.2, 0.25) is 0 Å². The molecule has 0 aliphatic carbocycles. The second-order valence-corrected chi connectivity index (χ2v) is 5.49. The highest BCUT2D eigenvalue weighted by Crippen LogP contribution is 2.28. The number of hydrazone groups is 1. The largest absolute Gasteiger partial charge is 0.467 e. The van der Waals surface area contributed by atoms with Gasteiger partial charge in [-0.3, -0.25) is 0 Å². The van der Waals surface area contributed by atoms with E-state index in [1.165, 1.54) is 12.1 Å². The summed E-state index contributed by atoms with van der Waals surface area (Å²) >= 11 is 0. The number of amidine groups is 1. The Hall–Kier alpha value is -2.57. The van der Waals surface area contributed by atoms with Crippen LogP contribution in [0.25, 0.3) is 0 Å². The van der Waals surface area contributed by atoms with Crippen LogP contribution in [0.1, 0.15) is 25.3 Å². The predicted molar refractivity (Wildman–Crippen MR) is 84.3 cm³/mol. The molecule has 23 heavy (non-hydrogen) atoms. The number of urea groups is 1. The Labute approximate surface area is 135 Å². The molecule has 7 heteroatoms. The molecule has 0 saturated carbocycles. The summed E-state index contributed by atoms with van der Waals surface area (Å²) in [7, 11) is 1.36. The zero-order chi connectivity index (χ0) is 16.4. The molecule has 3 rings (SSSR count). The van der Waals surface area contributed by atoms with E-state index < -0.39 is 6.04 Å². The summed E-state index contributed by atoms with van der Waals surface area (Å²) in [5.74, 6) is 0.249. The molecule has 0 N–H and O–H groups in total. The topological polar surface area (TPSA) is 65.5 Å². The van der Waals surface area contributed by atoms with Crippen LogP contribution in [0.4, 0.5) is 4.79 Å². The van der Waals surface area contributed by atoms with Gasteiger partial charge in [-0.25, -0.2) is 24.6 Å². The van der Waals surface area contributed by atoms with Crippen molar-refractivity contribution >= 4 is 17.8 Å². The van der Waals surface area contributed by atoms with Gasteiger partial charge in [0.15, 0.2) is 11.9 Å². The van der Waals surface area contributed by atoms with E-state index in [9.17, 15) is 9.59 Å². The molecule has 2 amide bonds. The van der Waals surface area contributed by atoms with E-state index in [2.05, 4.69) is 5.10 Å². The maximum absolute atomic E-state index is 12.6. The number of hydrogen-bond donors (Lipinski definition) is 0. The summed E-state index contributed by atoms with van der Waals surface area (Å²) in [6.45, 7) is 3.02. The van der Waals surface area contributed by atoms with Gasteiger partial charge in [0.25, 0.3) is 0 Å². The molecule has 2 heterocycles. The van der Waals surface area contributed by atoms with Gasteiger partial charge in [-0.05, 0) is 6.42 Å². The van der Waals surface area contributed by atoms with Crippen LogP contribution in [-0.2, 0) is 9.53 Å². The number of nitrogens with zero attached hydrogens (tertiary/aromatic N) is 4. The average molecular weight is 316 g/mol. The van der Waals surface area contributed by atoms with E-state index in [-0.39, 0.29) is 12.0 Å². The number of ether oxygens (including phenoxy) is 1. The fraction of sp³-hybridized carbons (Fsp3) is 0.438. The van der Waals surface area contributed by atoms with E-state index >= 15 is 0 Å². The third-order valence-corrected chi connectivity index (χ3v) is 3.98. The summed E-state index contributed by atoms with van der Waals surface area (Å²) < 4.78 is 4.89. The van der Waals surface area contributed by atoms with Crippen molar-refractivity contribution in [2.45, 2.75) is 25.8 Å². The summed E-state index contributed by atoms with van der Waals surface area (Å²) in [5, 5.41) is 9.25. The first kappa shape index (κ1) is 15.3. The Kier molecular flexibility index (Phi) is 4.18. The van der Waals surface area contributed by atoms with Crippen molar-refractivity contribution in [3.8, 4) is 0 Å². The number of carbonyl (C=O) groups excluding carboxylic acids is 2. The molecule has 1 saturated heterocycles. The molecular formula is C16H20N4O3. The van der Waals surface area contributed by atoms with Crippen LogP contribution in [0.5, 0.6) is 0 Å². The maximum Gasteiger partial charge on any atom is 0.359 e. The van der Waals surface area contributed by atoms with Crippen molar-refractivity contribution in [3.63, 3.8) is 0 Å². The molecule has 1 atom stereocenters. The lowest BCUT2D eigenvalue weighted by atomic mass is 10.1. The molecule has 0 bridgehead atoms. The summed E-state index contributed by atoms with van der Waals surface area (Å²) in [6, 6.07) is 8.86. The first-order valence-electron chi connectivity index (χ1n) is 7.77. The number of fused-ring (bicyclic) bond motifs is 1. The van der Waals surface area contributed by atoms with E-state index in [4.69, 9.17) is 4.74 Å². The molecule has 1 unspecified atom stereocenters. The van der Waals surface area contributed by atoms with Gasteiger partial charge in [-0.2, -0.15) is 0 Å². The zero-order valence-electron chi connectivity index (χ0n) is 13.3. The quantitative estimate of drug-likeness (QED) is 0.792. The second kappa shape index (κ2) is 6.28. The molecule has 0 spiro atoms. The van der Waals surface area contributed by atoms with E-state index in [0.717, 1.165) is 12.0 Å². The highest BCUT2D eigenvalue weighted by Gasteiger charge is 2.46. The number of methoxy groups -OCH3 is 1. The normalized spacial score (nSPS) is 20.4. The number of carbonyl (C=O) groups is 2. The molecule has 122 valence electrons. The van der Waals surface area contributed by atoms with Crippen molar-refractivity contribution in [1.82, 2.24) is 15.0 Å². The third-order valence-electron chi connectivity index (χ3n) is 3.98. The van der Waals surface area contributed by atoms with Crippen LogP contribution in [0.15, 0.2) is 35.4 Å². The molecule has 0 aromatic heterocycles. The van der Waals surface area contributed by atoms with Crippen molar-refractivity contribution in [1.29, 1.82) is 0 Å². The number of hydrazine groups is 1. The van der Waals surface area contributed by atoms with Crippen molar-refractivity contribution in [2.75, 3.05) is 20.2 Å². The van der Waals surface area contributed by atoms with E-state index in [1.807, 2.05) is 37.3 Å². The zero-order valence-corrected chi connectivity index (χ0v) is 13.3. The summed E-state index contributed by atoms with van der Waals surface area (Å²) in [4.78, 5) is 24.7. The molecule has 1 aromatic rings. The average Bonchev–Trinajstić information content (AvgIpc) is 3.03. The lowest BCUT2D eigenvalue weighted by molar-refractivity contribution is -0.146. The Bertz CT molecular complexity index is 631. The molecule has 2 aliphatic rings. The first-order valence-corrected chi connectivity index (χ1v) is 7.77. The molecule has 0 radical (unpaired) electrons. The highest BCUT2D eigenvalue weighted by atomic mass is 16.5. The number of amides is 2. The molecule has 2 aliphatic heterocycles. The number of esters is 1. The number of hydrogen-bond acceptors (Lipinski definition) is 5. The number of rotatable bonds is 4.